The molecule has 0 radical (unpaired) electrons. The van der Waals surface area contributed by atoms with E-state index in [0.29, 0.717) is 0 Å². The maximum atomic E-state index is 11.5. The first-order valence-electron chi connectivity index (χ1n) is 5.90. The summed E-state index contributed by atoms with van der Waals surface area (Å²) < 4.78 is 5.22. The van der Waals surface area contributed by atoms with Crippen LogP contribution in [-0.2, 0) is 9.59 Å². The average Bonchev–Trinajstić information content (AvgIpc) is 2.42. The number of nitrogens with two attached hydrogens (primary N) is 1. The Hall–Kier alpha value is -2.57. The molecule has 108 valence electrons. The molecular weight excluding hydrogens is 262 g/mol. The highest BCUT2D eigenvalue weighted by molar-refractivity contribution is 5.95. The molecule has 0 heterocycles. The number of rotatable bonds is 6. The van der Waals surface area contributed by atoms with Gasteiger partial charge in [0.25, 0.3) is 11.8 Å². The molecule has 7 nitrogen and oxygen atoms in total. The Labute approximate surface area is 116 Å². The summed E-state index contributed by atoms with van der Waals surface area (Å²) in [6.07, 6.45) is 0. The normalized spacial score (nSPS) is 9.70. The van der Waals surface area contributed by atoms with Gasteiger partial charge in [-0.2, -0.15) is 0 Å². The van der Waals surface area contributed by atoms with Gasteiger partial charge in [0, 0.05) is 14.1 Å². The highest BCUT2D eigenvalue weighted by Gasteiger charge is 2.11. The van der Waals surface area contributed by atoms with Crippen LogP contribution in [0.25, 0.3) is 0 Å². The number of nitrogens with one attached hydrogen (secondary N) is 1. The largest absolute Gasteiger partial charge is 0.483 e. The molecule has 0 unspecified atom stereocenters. The predicted molar refractivity (Wildman–Crippen MR) is 72.2 cm³/mol. The van der Waals surface area contributed by atoms with Crippen LogP contribution in [0.15, 0.2) is 24.3 Å². The van der Waals surface area contributed by atoms with Crippen molar-refractivity contribution in [2.24, 2.45) is 5.73 Å². The van der Waals surface area contributed by atoms with Crippen LogP contribution in [0.3, 0.4) is 0 Å². The first kappa shape index (κ1) is 15.5. The minimum atomic E-state index is -0.635. The summed E-state index contributed by atoms with van der Waals surface area (Å²) in [6.45, 7) is -0.405. The number of amides is 3. The van der Waals surface area contributed by atoms with Crippen molar-refractivity contribution < 1.29 is 19.1 Å². The molecule has 0 aliphatic rings. The third-order valence-electron chi connectivity index (χ3n) is 2.45. The molecule has 0 aliphatic carbocycles. The lowest BCUT2D eigenvalue weighted by molar-refractivity contribution is -0.131. The third-order valence-corrected chi connectivity index (χ3v) is 2.45. The van der Waals surface area contributed by atoms with Gasteiger partial charge in [0.05, 0.1) is 12.1 Å². The zero-order valence-corrected chi connectivity index (χ0v) is 11.4. The highest BCUT2D eigenvalue weighted by atomic mass is 16.5. The van der Waals surface area contributed by atoms with E-state index in [9.17, 15) is 14.4 Å². The molecule has 0 aromatic heterocycles. The second kappa shape index (κ2) is 7.13. The van der Waals surface area contributed by atoms with Gasteiger partial charge in [0.15, 0.2) is 6.61 Å². The van der Waals surface area contributed by atoms with E-state index in [1.54, 1.807) is 32.3 Å². The van der Waals surface area contributed by atoms with Crippen LogP contribution in [0.1, 0.15) is 10.4 Å². The lowest BCUT2D eigenvalue weighted by atomic mass is 10.2. The Morgan fingerprint density at radius 3 is 2.50 bits per heavy atom. The van der Waals surface area contributed by atoms with E-state index in [0.717, 1.165) is 0 Å². The lowest BCUT2D eigenvalue weighted by Crippen LogP contribution is -2.38. The van der Waals surface area contributed by atoms with Gasteiger partial charge in [-0.3, -0.25) is 14.4 Å². The van der Waals surface area contributed by atoms with Crippen LogP contribution in [0.4, 0.5) is 0 Å². The maximum absolute atomic E-state index is 11.5. The van der Waals surface area contributed by atoms with Gasteiger partial charge in [-0.1, -0.05) is 12.1 Å². The Kier molecular flexibility index (Phi) is 5.52. The van der Waals surface area contributed by atoms with Crippen molar-refractivity contribution in [3.8, 4) is 5.75 Å². The number of hydrogen-bond donors (Lipinski definition) is 2. The van der Waals surface area contributed by atoms with Gasteiger partial charge in [-0.05, 0) is 12.1 Å². The molecule has 0 spiro atoms. The number of likely N-dealkylation sites (N-methyl/N-ethyl adjacent to an activating group) is 1. The molecule has 7 heteroatoms. The first-order chi connectivity index (χ1) is 9.41. The van der Waals surface area contributed by atoms with Crippen LogP contribution in [0.2, 0.25) is 0 Å². The number of benzene rings is 1. The van der Waals surface area contributed by atoms with Crippen molar-refractivity contribution in [1.29, 1.82) is 0 Å². The van der Waals surface area contributed by atoms with Crippen molar-refractivity contribution in [2.45, 2.75) is 0 Å². The number of primary amides is 1. The Morgan fingerprint density at radius 1 is 1.25 bits per heavy atom. The zero-order valence-electron chi connectivity index (χ0n) is 11.4. The molecule has 20 heavy (non-hydrogen) atoms. The molecule has 0 saturated heterocycles. The number of nitrogens with zero attached hydrogens (tertiary/aromatic N) is 1. The Balaban J connectivity index is 2.49. The van der Waals surface area contributed by atoms with E-state index < -0.39 is 11.8 Å². The summed E-state index contributed by atoms with van der Waals surface area (Å²) in [5.74, 6) is -1.09. The van der Waals surface area contributed by atoms with E-state index in [2.05, 4.69) is 5.32 Å². The molecule has 1 aromatic rings. The number of carbonyl (C=O) groups excluding carboxylic acids is 3. The van der Waals surface area contributed by atoms with E-state index in [1.165, 1.54) is 11.0 Å². The van der Waals surface area contributed by atoms with Crippen LogP contribution < -0.4 is 15.8 Å². The highest BCUT2D eigenvalue weighted by Crippen LogP contribution is 2.16. The number of hydrogen-bond acceptors (Lipinski definition) is 4. The zero-order chi connectivity index (χ0) is 15.1. The molecule has 3 N–H and O–H groups in total. The number of ether oxygens (including phenoxy) is 1. The van der Waals surface area contributed by atoms with Gasteiger partial charge in [0.2, 0.25) is 5.91 Å². The van der Waals surface area contributed by atoms with Crippen LogP contribution >= 0.6 is 0 Å². The molecule has 0 saturated carbocycles. The quantitative estimate of drug-likeness (QED) is 0.723. The molecule has 1 rings (SSSR count). The van der Waals surface area contributed by atoms with Crippen molar-refractivity contribution in [1.82, 2.24) is 10.2 Å². The molecular formula is C13H17N3O4. The van der Waals surface area contributed by atoms with E-state index in [4.69, 9.17) is 10.5 Å². The molecule has 0 fully saturated rings. The molecule has 0 aliphatic heterocycles. The molecule has 0 atom stereocenters. The van der Waals surface area contributed by atoms with Crippen molar-refractivity contribution in [2.75, 3.05) is 27.2 Å². The number of carbonyl (C=O) groups is 3. The molecule has 1 aromatic carbocycles. The summed E-state index contributed by atoms with van der Waals surface area (Å²) in [5, 5.41) is 2.41. The Bertz CT molecular complexity index is 514. The topological polar surface area (TPSA) is 102 Å². The SMILES string of the molecule is CN(C)C(=O)CNC(=O)COc1ccccc1C(N)=O. The fourth-order valence-corrected chi connectivity index (χ4v) is 1.32. The maximum Gasteiger partial charge on any atom is 0.258 e. The minimum absolute atomic E-state index is 0.105. The van der Waals surface area contributed by atoms with E-state index >= 15 is 0 Å². The van der Waals surface area contributed by atoms with Gasteiger partial charge >= 0.3 is 0 Å². The summed E-state index contributed by atoms with van der Waals surface area (Å²) in [4.78, 5) is 35.3. The second-order valence-electron chi connectivity index (χ2n) is 4.21. The van der Waals surface area contributed by atoms with Crippen molar-refractivity contribution in [3.63, 3.8) is 0 Å². The van der Waals surface area contributed by atoms with Crippen molar-refractivity contribution in [3.05, 3.63) is 29.8 Å². The average molecular weight is 279 g/mol. The molecule has 0 bridgehead atoms. The summed E-state index contributed by atoms with van der Waals surface area (Å²) in [6, 6.07) is 6.35. The van der Waals surface area contributed by atoms with Gasteiger partial charge in [-0.15, -0.1) is 0 Å². The Morgan fingerprint density at radius 2 is 1.90 bits per heavy atom. The first-order valence-corrected chi connectivity index (χ1v) is 5.90. The van der Waals surface area contributed by atoms with Crippen LogP contribution in [-0.4, -0.2) is 49.9 Å². The summed E-state index contributed by atoms with van der Waals surface area (Å²) in [5.41, 5.74) is 5.38. The lowest BCUT2D eigenvalue weighted by Gasteiger charge is -2.12. The van der Waals surface area contributed by atoms with E-state index in [-0.39, 0.29) is 30.4 Å². The van der Waals surface area contributed by atoms with E-state index in [1.807, 2.05) is 0 Å². The van der Waals surface area contributed by atoms with Gasteiger partial charge in [-0.25, -0.2) is 0 Å². The fourth-order valence-electron chi connectivity index (χ4n) is 1.32. The second-order valence-corrected chi connectivity index (χ2v) is 4.21. The number of para-hydroxylation sites is 1. The van der Waals surface area contributed by atoms with Crippen LogP contribution in [0.5, 0.6) is 5.75 Å². The van der Waals surface area contributed by atoms with Gasteiger partial charge < -0.3 is 20.7 Å². The standard InChI is InChI=1S/C13H17N3O4/c1-16(2)12(18)7-15-11(17)8-20-10-6-4-3-5-9(10)13(14)19/h3-6H,7-8H2,1-2H3,(H2,14,19)(H,15,17). The third kappa shape index (κ3) is 4.60. The molecule has 3 amide bonds. The van der Waals surface area contributed by atoms with Crippen molar-refractivity contribution >= 4 is 17.7 Å². The predicted octanol–water partition coefficient (Wildman–Crippen LogP) is -0.631. The summed E-state index contributed by atoms with van der Waals surface area (Å²) >= 11 is 0. The van der Waals surface area contributed by atoms with Crippen LogP contribution in [0, 0.1) is 0 Å². The summed E-state index contributed by atoms with van der Waals surface area (Å²) in [7, 11) is 3.18. The smallest absolute Gasteiger partial charge is 0.258 e. The minimum Gasteiger partial charge on any atom is -0.483 e. The monoisotopic (exact) mass is 279 g/mol. The van der Waals surface area contributed by atoms with Gasteiger partial charge in [0.1, 0.15) is 5.75 Å². The fraction of sp³-hybridized carbons (Fsp3) is 0.308.